The minimum atomic E-state index is -0.182. The third-order valence-corrected chi connectivity index (χ3v) is 4.88. The summed E-state index contributed by atoms with van der Waals surface area (Å²) in [5.41, 5.74) is 2.95. The molecule has 0 aliphatic heterocycles. The van der Waals surface area contributed by atoms with Crippen molar-refractivity contribution in [3.05, 3.63) is 58.2 Å². The molecule has 0 radical (unpaired) electrons. The van der Waals surface area contributed by atoms with Gasteiger partial charge in [0.2, 0.25) is 5.91 Å². The number of rotatable bonds is 4. The molecule has 1 N–H and O–H groups in total. The minimum absolute atomic E-state index is 0.182. The SMILES string of the molecule is Cc1nc2ccccc2nc1SCC(=O)Nc1cc(Cl)ccc1Cl. The molecule has 122 valence electrons. The van der Waals surface area contributed by atoms with Crippen molar-refractivity contribution >= 4 is 57.6 Å². The van der Waals surface area contributed by atoms with Gasteiger partial charge in [-0.25, -0.2) is 9.97 Å². The summed E-state index contributed by atoms with van der Waals surface area (Å²) in [5.74, 6) is 0.0231. The van der Waals surface area contributed by atoms with Gasteiger partial charge in [0.1, 0.15) is 5.03 Å². The van der Waals surface area contributed by atoms with Crippen molar-refractivity contribution in [1.29, 1.82) is 0 Å². The molecule has 1 heterocycles. The minimum Gasteiger partial charge on any atom is -0.324 e. The average molecular weight is 378 g/mol. The topological polar surface area (TPSA) is 54.9 Å². The van der Waals surface area contributed by atoms with E-state index in [0.717, 1.165) is 21.8 Å². The number of nitrogens with zero attached hydrogens (tertiary/aromatic N) is 2. The molecule has 0 atom stereocenters. The van der Waals surface area contributed by atoms with E-state index in [9.17, 15) is 4.79 Å². The molecule has 1 amide bonds. The zero-order chi connectivity index (χ0) is 17.1. The summed E-state index contributed by atoms with van der Waals surface area (Å²) in [6.07, 6.45) is 0. The van der Waals surface area contributed by atoms with Crippen molar-refractivity contribution in [1.82, 2.24) is 9.97 Å². The Balaban J connectivity index is 1.70. The Morgan fingerprint density at radius 3 is 2.58 bits per heavy atom. The van der Waals surface area contributed by atoms with E-state index in [0.29, 0.717) is 15.7 Å². The Kier molecular flexibility index (Phi) is 5.23. The van der Waals surface area contributed by atoms with Gasteiger partial charge >= 0.3 is 0 Å². The lowest BCUT2D eigenvalue weighted by molar-refractivity contribution is -0.113. The molecular weight excluding hydrogens is 365 g/mol. The molecule has 0 unspecified atom stereocenters. The molecule has 4 nitrogen and oxygen atoms in total. The number of aryl methyl sites for hydroxylation is 1. The molecule has 2 aromatic carbocycles. The van der Waals surface area contributed by atoms with Crippen LogP contribution in [-0.4, -0.2) is 21.6 Å². The fourth-order valence-electron chi connectivity index (χ4n) is 2.12. The second-order valence-corrected chi connectivity index (χ2v) is 6.87. The number of hydrogen-bond acceptors (Lipinski definition) is 4. The lowest BCUT2D eigenvalue weighted by Crippen LogP contribution is -2.14. The number of thioether (sulfide) groups is 1. The van der Waals surface area contributed by atoms with E-state index in [2.05, 4.69) is 15.3 Å². The van der Waals surface area contributed by atoms with E-state index in [1.807, 2.05) is 31.2 Å². The number of para-hydroxylation sites is 2. The van der Waals surface area contributed by atoms with Gasteiger partial charge in [0.15, 0.2) is 0 Å². The molecule has 24 heavy (non-hydrogen) atoms. The third-order valence-electron chi connectivity index (χ3n) is 3.24. The number of carbonyl (C=O) groups excluding carboxylic acids is 1. The smallest absolute Gasteiger partial charge is 0.234 e. The maximum Gasteiger partial charge on any atom is 0.234 e. The predicted molar refractivity (Wildman–Crippen MR) is 100 cm³/mol. The Morgan fingerprint density at radius 2 is 1.83 bits per heavy atom. The maximum atomic E-state index is 12.1. The largest absolute Gasteiger partial charge is 0.324 e. The van der Waals surface area contributed by atoms with E-state index < -0.39 is 0 Å². The second kappa shape index (κ2) is 7.38. The summed E-state index contributed by atoms with van der Waals surface area (Å²) >= 11 is 13.3. The van der Waals surface area contributed by atoms with Gasteiger partial charge in [-0.2, -0.15) is 0 Å². The molecule has 0 aliphatic carbocycles. The van der Waals surface area contributed by atoms with Crippen molar-refractivity contribution in [2.24, 2.45) is 0 Å². The fraction of sp³-hybridized carbons (Fsp3) is 0.118. The highest BCUT2D eigenvalue weighted by atomic mass is 35.5. The Morgan fingerprint density at radius 1 is 1.12 bits per heavy atom. The van der Waals surface area contributed by atoms with Crippen LogP contribution in [0.4, 0.5) is 5.69 Å². The predicted octanol–water partition coefficient (Wildman–Crippen LogP) is 4.98. The molecule has 0 aliphatic rings. The molecule has 0 bridgehead atoms. The van der Waals surface area contributed by atoms with Crippen LogP contribution in [0.15, 0.2) is 47.5 Å². The lowest BCUT2D eigenvalue weighted by atomic mass is 10.3. The van der Waals surface area contributed by atoms with Crippen molar-refractivity contribution in [3.63, 3.8) is 0 Å². The first-order chi connectivity index (χ1) is 11.5. The molecule has 7 heteroatoms. The number of nitrogens with one attached hydrogen (secondary N) is 1. The monoisotopic (exact) mass is 377 g/mol. The normalized spacial score (nSPS) is 10.8. The maximum absolute atomic E-state index is 12.1. The third kappa shape index (κ3) is 3.98. The number of halogens is 2. The first kappa shape index (κ1) is 17.0. The number of fused-ring (bicyclic) bond motifs is 1. The summed E-state index contributed by atoms with van der Waals surface area (Å²) in [4.78, 5) is 21.2. The van der Waals surface area contributed by atoms with Gasteiger partial charge in [-0.05, 0) is 37.3 Å². The first-order valence-electron chi connectivity index (χ1n) is 7.14. The van der Waals surface area contributed by atoms with E-state index in [1.54, 1.807) is 18.2 Å². The molecule has 0 spiro atoms. The van der Waals surface area contributed by atoms with E-state index in [4.69, 9.17) is 23.2 Å². The number of carbonyl (C=O) groups is 1. The van der Waals surface area contributed by atoms with E-state index in [1.165, 1.54) is 11.8 Å². The van der Waals surface area contributed by atoms with Crippen LogP contribution < -0.4 is 5.32 Å². The van der Waals surface area contributed by atoms with Gasteiger partial charge in [-0.1, -0.05) is 47.1 Å². The number of amides is 1. The van der Waals surface area contributed by atoms with Gasteiger partial charge in [0.05, 0.1) is 33.2 Å². The van der Waals surface area contributed by atoms with Crippen molar-refractivity contribution in [2.45, 2.75) is 11.9 Å². The summed E-state index contributed by atoms with van der Waals surface area (Å²) in [5, 5.41) is 4.45. The van der Waals surface area contributed by atoms with Crippen LogP contribution >= 0.6 is 35.0 Å². The molecule has 0 saturated heterocycles. The van der Waals surface area contributed by atoms with Crippen LogP contribution in [0, 0.1) is 6.92 Å². The summed E-state index contributed by atoms with van der Waals surface area (Å²) < 4.78 is 0. The lowest BCUT2D eigenvalue weighted by Gasteiger charge is -2.08. The van der Waals surface area contributed by atoms with Gasteiger partial charge < -0.3 is 5.32 Å². The molecule has 3 aromatic rings. The van der Waals surface area contributed by atoms with Crippen LogP contribution in [0.2, 0.25) is 10.0 Å². The van der Waals surface area contributed by atoms with E-state index >= 15 is 0 Å². The first-order valence-corrected chi connectivity index (χ1v) is 8.88. The van der Waals surface area contributed by atoms with Gasteiger partial charge in [-0.3, -0.25) is 4.79 Å². The van der Waals surface area contributed by atoms with Crippen molar-refractivity contribution in [3.8, 4) is 0 Å². The standard InChI is InChI=1S/C17H13Cl2N3OS/c1-10-17(22-14-5-3-2-4-13(14)20-10)24-9-16(23)21-15-8-11(18)6-7-12(15)19/h2-8H,9H2,1H3,(H,21,23). The van der Waals surface area contributed by atoms with Crippen LogP contribution in [0.25, 0.3) is 11.0 Å². The highest BCUT2D eigenvalue weighted by Gasteiger charge is 2.11. The van der Waals surface area contributed by atoms with Gasteiger partial charge in [0.25, 0.3) is 0 Å². The van der Waals surface area contributed by atoms with E-state index in [-0.39, 0.29) is 11.7 Å². The number of aromatic nitrogens is 2. The molecular formula is C17H13Cl2N3OS. The summed E-state index contributed by atoms with van der Waals surface area (Å²) in [7, 11) is 0. The Labute approximate surface area is 153 Å². The number of anilines is 1. The number of hydrogen-bond donors (Lipinski definition) is 1. The highest BCUT2D eigenvalue weighted by molar-refractivity contribution is 8.00. The van der Waals surface area contributed by atoms with Crippen molar-refractivity contribution < 1.29 is 4.79 Å². The molecule has 3 rings (SSSR count). The Hall–Kier alpha value is -1.82. The zero-order valence-corrected chi connectivity index (χ0v) is 15.0. The fourth-order valence-corrected chi connectivity index (χ4v) is 3.22. The van der Waals surface area contributed by atoms with Crippen LogP contribution in [0.3, 0.4) is 0 Å². The van der Waals surface area contributed by atoms with Crippen LogP contribution in [-0.2, 0) is 4.79 Å². The quantitative estimate of drug-likeness (QED) is 0.651. The van der Waals surface area contributed by atoms with Gasteiger partial charge in [0, 0.05) is 5.02 Å². The van der Waals surface area contributed by atoms with Crippen LogP contribution in [0.1, 0.15) is 5.69 Å². The average Bonchev–Trinajstić information content (AvgIpc) is 2.56. The molecule has 0 saturated carbocycles. The zero-order valence-electron chi connectivity index (χ0n) is 12.7. The summed E-state index contributed by atoms with van der Waals surface area (Å²) in [6, 6.07) is 12.6. The summed E-state index contributed by atoms with van der Waals surface area (Å²) in [6.45, 7) is 1.88. The molecule has 0 fully saturated rings. The van der Waals surface area contributed by atoms with Crippen LogP contribution in [0.5, 0.6) is 0 Å². The molecule has 1 aromatic heterocycles. The number of benzene rings is 2. The van der Waals surface area contributed by atoms with Gasteiger partial charge in [-0.15, -0.1) is 0 Å². The highest BCUT2D eigenvalue weighted by Crippen LogP contribution is 2.26. The Bertz CT molecular complexity index is 917. The second-order valence-electron chi connectivity index (χ2n) is 5.06. The van der Waals surface area contributed by atoms with Crippen molar-refractivity contribution in [2.75, 3.05) is 11.1 Å².